The Labute approximate surface area is 99.0 Å². The minimum atomic E-state index is -0.782. The van der Waals surface area contributed by atoms with Crippen LogP contribution >= 0.6 is 0 Å². The van der Waals surface area contributed by atoms with Crippen molar-refractivity contribution < 1.29 is 14.3 Å². The molecule has 0 fully saturated rings. The van der Waals surface area contributed by atoms with Gasteiger partial charge < -0.3 is 10.1 Å². The van der Waals surface area contributed by atoms with Gasteiger partial charge in [0.2, 0.25) is 5.82 Å². The van der Waals surface area contributed by atoms with Crippen LogP contribution in [0.1, 0.15) is 30.3 Å². The van der Waals surface area contributed by atoms with Crippen molar-refractivity contribution in [2.75, 3.05) is 13.7 Å². The molecule has 1 aromatic heterocycles. The fourth-order valence-corrected chi connectivity index (χ4v) is 1.17. The van der Waals surface area contributed by atoms with Crippen LogP contribution in [0.5, 0.6) is 0 Å². The highest BCUT2D eigenvalue weighted by molar-refractivity contribution is 5.90. The minimum Gasteiger partial charge on any atom is -0.469 e. The molecule has 0 unspecified atom stereocenters. The van der Waals surface area contributed by atoms with Gasteiger partial charge >= 0.3 is 5.97 Å². The van der Waals surface area contributed by atoms with Crippen molar-refractivity contribution in [3.63, 3.8) is 0 Å². The fourth-order valence-electron chi connectivity index (χ4n) is 1.17. The van der Waals surface area contributed by atoms with Crippen LogP contribution < -0.4 is 5.32 Å². The van der Waals surface area contributed by atoms with Crippen molar-refractivity contribution in [2.24, 2.45) is 5.41 Å². The number of esters is 1. The molecule has 0 saturated carbocycles. The monoisotopic (exact) mass is 240 g/mol. The average Bonchev–Trinajstić information content (AvgIpc) is 2.71. The number of carbonyl (C=O) groups is 2. The molecule has 1 aromatic rings. The lowest BCUT2D eigenvalue weighted by atomic mass is 9.94. The summed E-state index contributed by atoms with van der Waals surface area (Å²) in [5.41, 5.74) is -0.782. The first-order valence-electron chi connectivity index (χ1n) is 5.12. The lowest BCUT2D eigenvalue weighted by Crippen LogP contribution is -2.39. The number of aromatic nitrogens is 3. The highest BCUT2D eigenvalue weighted by Crippen LogP contribution is 2.15. The van der Waals surface area contributed by atoms with Crippen LogP contribution in [0, 0.1) is 12.3 Å². The van der Waals surface area contributed by atoms with E-state index in [0.29, 0.717) is 5.82 Å². The number of aryl methyl sites for hydroxylation is 1. The molecule has 0 aliphatic rings. The van der Waals surface area contributed by atoms with Gasteiger partial charge in [-0.1, -0.05) is 0 Å². The van der Waals surface area contributed by atoms with Gasteiger partial charge in [-0.15, -0.1) is 5.10 Å². The third kappa shape index (κ3) is 3.27. The predicted molar refractivity (Wildman–Crippen MR) is 59.2 cm³/mol. The van der Waals surface area contributed by atoms with Crippen molar-refractivity contribution in [3.8, 4) is 0 Å². The Morgan fingerprint density at radius 2 is 2.12 bits per heavy atom. The summed E-state index contributed by atoms with van der Waals surface area (Å²) in [4.78, 5) is 26.9. The second-order valence-corrected chi connectivity index (χ2v) is 4.30. The Kier molecular flexibility index (Phi) is 3.82. The Hall–Kier alpha value is -1.92. The van der Waals surface area contributed by atoms with Gasteiger partial charge in [0.15, 0.2) is 0 Å². The molecule has 1 amide bonds. The van der Waals surface area contributed by atoms with E-state index in [-0.39, 0.29) is 18.3 Å². The van der Waals surface area contributed by atoms with Crippen molar-refractivity contribution in [3.05, 3.63) is 11.6 Å². The standard InChI is InChI=1S/C10H16N4O3/c1-6-12-7(14-13-6)8(15)11-5-10(2,3)9(16)17-4/h5H2,1-4H3,(H,11,15)(H,12,13,14). The molecule has 1 heterocycles. The van der Waals surface area contributed by atoms with E-state index in [1.807, 2.05) is 0 Å². The predicted octanol–water partition coefficient (Wildman–Crippen LogP) is 0.0421. The van der Waals surface area contributed by atoms with Crippen molar-refractivity contribution in [1.29, 1.82) is 0 Å². The number of carbonyl (C=O) groups excluding carboxylic acids is 2. The van der Waals surface area contributed by atoms with Crippen LogP contribution in [-0.4, -0.2) is 40.7 Å². The van der Waals surface area contributed by atoms with Crippen LogP contribution in [0.25, 0.3) is 0 Å². The maximum atomic E-state index is 11.6. The van der Waals surface area contributed by atoms with Crippen LogP contribution in [0.4, 0.5) is 0 Å². The largest absolute Gasteiger partial charge is 0.469 e. The zero-order valence-corrected chi connectivity index (χ0v) is 10.3. The maximum absolute atomic E-state index is 11.6. The van der Waals surface area contributed by atoms with E-state index < -0.39 is 11.3 Å². The van der Waals surface area contributed by atoms with Gasteiger partial charge in [-0.25, -0.2) is 4.98 Å². The lowest BCUT2D eigenvalue weighted by molar-refractivity contribution is -0.150. The summed E-state index contributed by atoms with van der Waals surface area (Å²) in [5.74, 6) is -0.194. The Bertz CT molecular complexity index is 425. The third-order valence-corrected chi connectivity index (χ3v) is 2.23. The first kappa shape index (κ1) is 13.1. The molecule has 94 valence electrons. The number of hydrogen-bond acceptors (Lipinski definition) is 5. The zero-order chi connectivity index (χ0) is 13.1. The van der Waals surface area contributed by atoms with E-state index in [9.17, 15) is 9.59 Å². The number of amides is 1. The molecule has 0 aliphatic heterocycles. The van der Waals surface area contributed by atoms with Crippen LogP contribution in [0.15, 0.2) is 0 Å². The summed E-state index contributed by atoms with van der Waals surface area (Å²) in [6.45, 7) is 5.22. The number of nitrogens with one attached hydrogen (secondary N) is 2. The number of H-pyrrole nitrogens is 1. The first-order chi connectivity index (χ1) is 7.86. The van der Waals surface area contributed by atoms with Crippen molar-refractivity contribution in [1.82, 2.24) is 20.5 Å². The van der Waals surface area contributed by atoms with E-state index in [1.165, 1.54) is 7.11 Å². The normalized spacial score (nSPS) is 11.1. The van der Waals surface area contributed by atoms with Crippen LogP contribution in [0.3, 0.4) is 0 Å². The molecule has 2 N–H and O–H groups in total. The summed E-state index contributed by atoms with van der Waals surface area (Å²) in [7, 11) is 1.31. The molecule has 0 bridgehead atoms. The molecule has 0 aromatic carbocycles. The molecule has 17 heavy (non-hydrogen) atoms. The maximum Gasteiger partial charge on any atom is 0.313 e. The number of methoxy groups -OCH3 is 1. The molecule has 7 heteroatoms. The minimum absolute atomic E-state index is 0.0585. The summed E-state index contributed by atoms with van der Waals surface area (Å²) in [6, 6.07) is 0. The number of rotatable bonds is 4. The highest BCUT2D eigenvalue weighted by atomic mass is 16.5. The molecule has 0 aliphatic carbocycles. The lowest BCUT2D eigenvalue weighted by Gasteiger charge is -2.21. The van der Waals surface area contributed by atoms with E-state index in [0.717, 1.165) is 0 Å². The SMILES string of the molecule is COC(=O)C(C)(C)CNC(=O)c1n[nH]c(C)n1. The third-order valence-electron chi connectivity index (χ3n) is 2.23. The second kappa shape index (κ2) is 4.94. The number of aromatic amines is 1. The molecule has 1 rings (SSSR count). The van der Waals surface area contributed by atoms with Crippen molar-refractivity contribution in [2.45, 2.75) is 20.8 Å². The van der Waals surface area contributed by atoms with Gasteiger partial charge in [-0.2, -0.15) is 0 Å². The number of ether oxygens (including phenoxy) is 1. The Morgan fingerprint density at radius 3 is 2.59 bits per heavy atom. The van der Waals surface area contributed by atoms with Gasteiger partial charge in [0.25, 0.3) is 5.91 Å². The van der Waals surface area contributed by atoms with Crippen LogP contribution in [-0.2, 0) is 9.53 Å². The smallest absolute Gasteiger partial charge is 0.313 e. The molecule has 0 radical (unpaired) electrons. The first-order valence-corrected chi connectivity index (χ1v) is 5.12. The zero-order valence-electron chi connectivity index (χ0n) is 10.3. The molecular weight excluding hydrogens is 224 g/mol. The second-order valence-electron chi connectivity index (χ2n) is 4.30. The number of hydrogen-bond donors (Lipinski definition) is 2. The van der Waals surface area contributed by atoms with Gasteiger partial charge in [-0.05, 0) is 20.8 Å². The molecule has 0 atom stereocenters. The van der Waals surface area contributed by atoms with Gasteiger partial charge in [0.1, 0.15) is 5.82 Å². The Morgan fingerprint density at radius 1 is 1.47 bits per heavy atom. The van der Waals surface area contributed by atoms with Gasteiger partial charge in [-0.3, -0.25) is 14.7 Å². The van der Waals surface area contributed by atoms with Gasteiger partial charge in [0, 0.05) is 6.54 Å². The molecular formula is C10H16N4O3. The number of nitrogens with zero attached hydrogens (tertiary/aromatic N) is 2. The van der Waals surface area contributed by atoms with E-state index in [1.54, 1.807) is 20.8 Å². The summed E-state index contributed by atoms with van der Waals surface area (Å²) in [6.07, 6.45) is 0. The van der Waals surface area contributed by atoms with Gasteiger partial charge in [0.05, 0.1) is 12.5 Å². The summed E-state index contributed by atoms with van der Waals surface area (Å²) < 4.78 is 4.63. The van der Waals surface area contributed by atoms with Crippen LogP contribution in [0.2, 0.25) is 0 Å². The summed E-state index contributed by atoms with van der Waals surface area (Å²) in [5, 5.41) is 8.87. The fraction of sp³-hybridized carbons (Fsp3) is 0.600. The Balaban J connectivity index is 2.57. The quantitative estimate of drug-likeness (QED) is 0.724. The molecule has 7 nitrogen and oxygen atoms in total. The summed E-state index contributed by atoms with van der Waals surface area (Å²) >= 11 is 0. The van der Waals surface area contributed by atoms with E-state index in [2.05, 4.69) is 25.2 Å². The van der Waals surface area contributed by atoms with E-state index in [4.69, 9.17) is 0 Å². The average molecular weight is 240 g/mol. The van der Waals surface area contributed by atoms with Crippen molar-refractivity contribution >= 4 is 11.9 Å². The molecule has 0 saturated heterocycles. The molecule has 0 spiro atoms. The highest BCUT2D eigenvalue weighted by Gasteiger charge is 2.29. The van der Waals surface area contributed by atoms with E-state index >= 15 is 0 Å². The topological polar surface area (TPSA) is 97.0 Å².